The molecule has 0 aromatic heterocycles. The molecule has 3 rings (SSSR count). The van der Waals surface area contributed by atoms with Gasteiger partial charge in [-0.05, 0) is 49.1 Å². The number of nitrogens with one attached hydrogen (secondary N) is 1. The van der Waals surface area contributed by atoms with E-state index in [9.17, 15) is 18.0 Å². The number of carbonyl (C=O) groups excluding carboxylic acids is 2. The maximum atomic E-state index is 13.5. The van der Waals surface area contributed by atoms with Crippen molar-refractivity contribution in [3.05, 3.63) is 52.0 Å². The average molecular weight is 601 g/mol. The van der Waals surface area contributed by atoms with E-state index in [-0.39, 0.29) is 37.7 Å². The first-order chi connectivity index (χ1) is 18.5. The van der Waals surface area contributed by atoms with Crippen molar-refractivity contribution in [2.24, 2.45) is 0 Å². The molecule has 0 aliphatic carbocycles. The topological polar surface area (TPSA) is 105 Å². The highest BCUT2D eigenvalue weighted by Gasteiger charge is 2.29. The minimum atomic E-state index is -3.65. The number of benzene rings is 2. The predicted molar refractivity (Wildman–Crippen MR) is 153 cm³/mol. The van der Waals surface area contributed by atoms with Gasteiger partial charge >= 0.3 is 0 Å². The van der Waals surface area contributed by atoms with Crippen LogP contribution in [-0.4, -0.2) is 63.7 Å². The summed E-state index contributed by atoms with van der Waals surface area (Å²) in [6.07, 6.45) is 2.54. The number of anilines is 1. The Kier molecular flexibility index (Phi) is 11.1. The number of rotatable bonds is 13. The van der Waals surface area contributed by atoms with Gasteiger partial charge in [-0.2, -0.15) is 0 Å². The quantitative estimate of drug-likeness (QED) is 0.359. The maximum Gasteiger partial charge on any atom is 0.242 e. The summed E-state index contributed by atoms with van der Waals surface area (Å²) >= 11 is 12.4. The molecule has 0 saturated heterocycles. The summed E-state index contributed by atoms with van der Waals surface area (Å²) in [7, 11) is -3.65. The fourth-order valence-electron chi connectivity index (χ4n) is 4.31. The minimum absolute atomic E-state index is 0.0271. The number of nitrogens with zero attached hydrogens (tertiary/aromatic N) is 2. The fraction of sp³-hybridized carbons (Fsp3) is 0.481. The van der Waals surface area contributed by atoms with Crippen molar-refractivity contribution >= 4 is 50.7 Å². The van der Waals surface area contributed by atoms with E-state index < -0.39 is 16.1 Å². The summed E-state index contributed by atoms with van der Waals surface area (Å²) in [6.45, 7) is 5.28. The molecule has 2 aromatic rings. The van der Waals surface area contributed by atoms with Crippen LogP contribution in [0.3, 0.4) is 0 Å². The van der Waals surface area contributed by atoms with E-state index in [1.165, 1.54) is 9.21 Å². The van der Waals surface area contributed by atoms with Gasteiger partial charge in [-0.1, -0.05) is 43.1 Å². The number of fused-ring (bicyclic) bond motifs is 1. The standard InChI is InChI=1S/C27H35Cl2N3O6S/c1-4-12-30-27(34)23(5-2)31(18-19-8-9-20(28)16-22(19)29)26(33)7-6-13-32(39(3,35)36)21-10-11-24-25(17-21)38-15-14-37-24/h8-11,16-17,23H,4-7,12-15,18H2,1-3H3,(H,30,34). The molecule has 0 saturated carbocycles. The molecular formula is C27H35Cl2N3O6S. The SMILES string of the molecule is CCCNC(=O)C(CC)N(Cc1ccc(Cl)cc1Cl)C(=O)CCCN(c1ccc2c(c1)OCCO2)S(C)(=O)=O. The van der Waals surface area contributed by atoms with E-state index in [0.29, 0.717) is 59.0 Å². The molecular weight excluding hydrogens is 565 g/mol. The zero-order valence-electron chi connectivity index (χ0n) is 22.4. The molecule has 9 nitrogen and oxygen atoms in total. The van der Waals surface area contributed by atoms with Crippen LogP contribution in [0.2, 0.25) is 10.0 Å². The summed E-state index contributed by atoms with van der Waals surface area (Å²) in [6, 6.07) is 9.24. The molecule has 1 N–H and O–H groups in total. The Hall–Kier alpha value is -2.69. The number of carbonyl (C=O) groups is 2. The third-order valence-electron chi connectivity index (χ3n) is 6.26. The second-order valence-electron chi connectivity index (χ2n) is 9.24. The van der Waals surface area contributed by atoms with Crippen molar-refractivity contribution in [1.29, 1.82) is 0 Å². The van der Waals surface area contributed by atoms with Gasteiger partial charge in [-0.3, -0.25) is 13.9 Å². The van der Waals surface area contributed by atoms with Crippen LogP contribution < -0.4 is 19.1 Å². The molecule has 2 amide bonds. The van der Waals surface area contributed by atoms with Gasteiger partial charge in [0.05, 0.1) is 11.9 Å². The number of amides is 2. The summed E-state index contributed by atoms with van der Waals surface area (Å²) in [5.74, 6) is 0.498. The lowest BCUT2D eigenvalue weighted by atomic mass is 10.1. The third kappa shape index (κ3) is 8.40. The van der Waals surface area contributed by atoms with E-state index in [0.717, 1.165) is 12.7 Å². The number of hydrogen-bond acceptors (Lipinski definition) is 6. The van der Waals surface area contributed by atoms with E-state index in [1.54, 1.807) is 36.4 Å². The van der Waals surface area contributed by atoms with Gasteiger partial charge in [-0.25, -0.2) is 8.42 Å². The van der Waals surface area contributed by atoms with Crippen molar-refractivity contribution in [1.82, 2.24) is 10.2 Å². The van der Waals surface area contributed by atoms with Gasteiger partial charge in [0.15, 0.2) is 11.5 Å². The third-order valence-corrected chi connectivity index (χ3v) is 8.04. The van der Waals surface area contributed by atoms with Crippen LogP contribution in [0.1, 0.15) is 45.1 Å². The van der Waals surface area contributed by atoms with Crippen LogP contribution in [0.5, 0.6) is 11.5 Å². The minimum Gasteiger partial charge on any atom is -0.486 e. The van der Waals surface area contributed by atoms with Gasteiger partial charge in [0.1, 0.15) is 19.3 Å². The summed E-state index contributed by atoms with van der Waals surface area (Å²) in [5.41, 5.74) is 1.08. The number of hydrogen-bond donors (Lipinski definition) is 1. The van der Waals surface area contributed by atoms with Crippen LogP contribution in [0.25, 0.3) is 0 Å². The van der Waals surface area contributed by atoms with E-state index in [1.807, 2.05) is 13.8 Å². The van der Waals surface area contributed by atoms with E-state index in [2.05, 4.69) is 5.32 Å². The molecule has 0 spiro atoms. The highest BCUT2D eigenvalue weighted by atomic mass is 35.5. The fourth-order valence-corrected chi connectivity index (χ4v) is 5.74. The lowest BCUT2D eigenvalue weighted by Crippen LogP contribution is -2.49. The van der Waals surface area contributed by atoms with Crippen molar-refractivity contribution in [2.45, 2.75) is 52.1 Å². The lowest BCUT2D eigenvalue weighted by Gasteiger charge is -2.31. The second kappa shape index (κ2) is 14.1. The van der Waals surface area contributed by atoms with Crippen LogP contribution in [-0.2, 0) is 26.2 Å². The molecule has 39 heavy (non-hydrogen) atoms. The van der Waals surface area contributed by atoms with Gasteiger partial charge in [0, 0.05) is 42.2 Å². The Morgan fingerprint density at radius 1 is 1.05 bits per heavy atom. The number of ether oxygens (including phenoxy) is 2. The number of sulfonamides is 1. The van der Waals surface area contributed by atoms with Crippen molar-refractivity contribution in [3.63, 3.8) is 0 Å². The molecule has 0 fully saturated rings. The van der Waals surface area contributed by atoms with Gasteiger partial charge in [0.2, 0.25) is 21.8 Å². The first-order valence-electron chi connectivity index (χ1n) is 12.9. The average Bonchev–Trinajstić information content (AvgIpc) is 2.89. The first kappa shape index (κ1) is 30.8. The molecule has 214 valence electrons. The highest BCUT2D eigenvalue weighted by molar-refractivity contribution is 7.92. The Morgan fingerprint density at radius 3 is 2.41 bits per heavy atom. The van der Waals surface area contributed by atoms with E-state index >= 15 is 0 Å². The van der Waals surface area contributed by atoms with Gasteiger partial charge < -0.3 is 19.7 Å². The van der Waals surface area contributed by atoms with Crippen LogP contribution in [0.15, 0.2) is 36.4 Å². The lowest BCUT2D eigenvalue weighted by molar-refractivity contribution is -0.141. The van der Waals surface area contributed by atoms with Crippen molar-refractivity contribution < 1.29 is 27.5 Å². The van der Waals surface area contributed by atoms with Gasteiger partial charge in [-0.15, -0.1) is 0 Å². The Morgan fingerprint density at radius 2 is 1.77 bits per heavy atom. The maximum absolute atomic E-state index is 13.5. The van der Waals surface area contributed by atoms with Gasteiger partial charge in [0.25, 0.3) is 0 Å². The normalized spacial score (nSPS) is 13.5. The Bertz CT molecular complexity index is 1270. The van der Waals surface area contributed by atoms with Crippen LogP contribution in [0.4, 0.5) is 5.69 Å². The first-order valence-corrected chi connectivity index (χ1v) is 15.5. The molecule has 1 heterocycles. The summed E-state index contributed by atoms with van der Waals surface area (Å²) in [5, 5.41) is 3.73. The molecule has 1 aliphatic heterocycles. The molecule has 1 aliphatic rings. The Labute approximate surface area is 240 Å². The van der Waals surface area contributed by atoms with E-state index in [4.69, 9.17) is 32.7 Å². The molecule has 0 bridgehead atoms. The molecule has 12 heteroatoms. The van der Waals surface area contributed by atoms with Crippen LogP contribution >= 0.6 is 23.2 Å². The second-order valence-corrected chi connectivity index (χ2v) is 12.0. The molecule has 1 atom stereocenters. The van der Waals surface area contributed by atoms with Crippen molar-refractivity contribution in [3.8, 4) is 11.5 Å². The highest BCUT2D eigenvalue weighted by Crippen LogP contribution is 2.35. The molecule has 1 unspecified atom stereocenters. The predicted octanol–water partition coefficient (Wildman–Crippen LogP) is 4.64. The Balaban J connectivity index is 1.78. The number of halogens is 2. The molecule has 2 aromatic carbocycles. The van der Waals surface area contributed by atoms with Crippen LogP contribution in [0, 0.1) is 0 Å². The monoisotopic (exact) mass is 599 g/mol. The largest absolute Gasteiger partial charge is 0.486 e. The summed E-state index contributed by atoms with van der Waals surface area (Å²) in [4.78, 5) is 28.0. The smallest absolute Gasteiger partial charge is 0.242 e. The molecule has 0 radical (unpaired) electrons. The summed E-state index contributed by atoms with van der Waals surface area (Å²) < 4.78 is 37.7. The zero-order valence-corrected chi connectivity index (χ0v) is 24.7. The zero-order chi connectivity index (χ0) is 28.6. The van der Waals surface area contributed by atoms with Crippen molar-refractivity contribution in [2.75, 3.05) is 36.9 Å².